The number of para-hydroxylation sites is 2. The van der Waals surface area contributed by atoms with Crippen molar-refractivity contribution in [2.24, 2.45) is 0 Å². The number of hydrogen-bond acceptors (Lipinski definition) is 6. The first-order chi connectivity index (χ1) is 15.0. The quantitative estimate of drug-likeness (QED) is 0.535. The molecule has 1 spiro atoms. The van der Waals surface area contributed by atoms with Crippen LogP contribution in [0.5, 0.6) is 0 Å². The van der Waals surface area contributed by atoms with Gasteiger partial charge in [-0.1, -0.05) is 25.0 Å². The van der Waals surface area contributed by atoms with Crippen molar-refractivity contribution >= 4 is 34.6 Å². The second-order valence-corrected chi connectivity index (χ2v) is 7.70. The van der Waals surface area contributed by atoms with Crippen LogP contribution in [0.25, 0.3) is 16.7 Å². The molecule has 0 unspecified atom stereocenters. The van der Waals surface area contributed by atoms with E-state index in [-0.39, 0.29) is 11.5 Å². The summed E-state index contributed by atoms with van der Waals surface area (Å²) in [6, 6.07) is 6.32. The molecule has 1 saturated heterocycles. The summed E-state index contributed by atoms with van der Waals surface area (Å²) in [4.78, 5) is 57.4. The third kappa shape index (κ3) is 3.05. The van der Waals surface area contributed by atoms with Crippen LogP contribution in [0.2, 0.25) is 0 Å². The highest BCUT2D eigenvalue weighted by Gasteiger charge is 2.52. The number of benzene rings is 1. The summed E-state index contributed by atoms with van der Waals surface area (Å²) in [6.45, 7) is -0.390. The van der Waals surface area contributed by atoms with Gasteiger partial charge in [0, 0.05) is 0 Å². The van der Waals surface area contributed by atoms with Gasteiger partial charge in [-0.05, 0) is 25.0 Å². The molecule has 158 valence electrons. The fourth-order valence-corrected chi connectivity index (χ4v) is 4.27. The summed E-state index contributed by atoms with van der Waals surface area (Å²) in [5.74, 6) is -0.867. The molecule has 4 amide bonds. The van der Waals surface area contributed by atoms with E-state index in [1.54, 1.807) is 24.3 Å². The number of urea groups is 1. The van der Waals surface area contributed by atoms with Crippen LogP contribution in [0.3, 0.4) is 0 Å². The summed E-state index contributed by atoms with van der Waals surface area (Å²) in [7, 11) is 0. The summed E-state index contributed by atoms with van der Waals surface area (Å²) in [6.07, 6.45) is 5.60. The Morgan fingerprint density at radius 3 is 2.74 bits per heavy atom. The first-order valence-electron chi connectivity index (χ1n) is 9.93. The highest BCUT2D eigenvalue weighted by Crippen LogP contribution is 2.35. The molecule has 3 N–H and O–H groups in total. The summed E-state index contributed by atoms with van der Waals surface area (Å²) in [5.41, 5.74) is 0.0534. The Balaban J connectivity index is 1.39. The van der Waals surface area contributed by atoms with Crippen LogP contribution >= 0.6 is 0 Å². The van der Waals surface area contributed by atoms with Crippen LogP contribution in [0.1, 0.15) is 25.7 Å². The van der Waals surface area contributed by atoms with Crippen LogP contribution in [-0.4, -0.2) is 54.6 Å². The highest BCUT2D eigenvalue weighted by atomic mass is 16.2. The SMILES string of the molecule is O=C(CN1C(=O)NC2(CCCC2)C1=O)Nc1ccccc1-n1ncc2c(=O)[nH]cnc21. The van der Waals surface area contributed by atoms with E-state index in [0.29, 0.717) is 35.2 Å². The number of rotatable bonds is 4. The van der Waals surface area contributed by atoms with E-state index < -0.39 is 24.0 Å². The van der Waals surface area contributed by atoms with E-state index in [2.05, 4.69) is 25.7 Å². The van der Waals surface area contributed by atoms with Crippen LogP contribution in [0.15, 0.2) is 41.6 Å². The van der Waals surface area contributed by atoms with E-state index in [1.165, 1.54) is 17.2 Å². The molecule has 11 heteroatoms. The Morgan fingerprint density at radius 2 is 1.94 bits per heavy atom. The monoisotopic (exact) mass is 421 g/mol. The second-order valence-electron chi connectivity index (χ2n) is 7.70. The Hall–Kier alpha value is -4.02. The van der Waals surface area contributed by atoms with Crippen molar-refractivity contribution in [1.29, 1.82) is 0 Å². The average molecular weight is 421 g/mol. The zero-order valence-corrected chi connectivity index (χ0v) is 16.4. The molecule has 1 saturated carbocycles. The molecule has 0 radical (unpaired) electrons. The first kappa shape index (κ1) is 19.0. The third-order valence-electron chi connectivity index (χ3n) is 5.78. The van der Waals surface area contributed by atoms with E-state index >= 15 is 0 Å². The van der Waals surface area contributed by atoms with Gasteiger partial charge in [0.15, 0.2) is 5.65 Å². The maximum Gasteiger partial charge on any atom is 0.325 e. The standard InChI is InChI=1S/C20H19N7O4/c28-15(10-26-18(30)20(25-19(26)31)7-3-4-8-20)24-13-5-1-2-6-14(13)27-16-12(9-23-27)17(29)22-11-21-16/h1-2,5-6,9,11H,3-4,7-8,10H2,(H,24,28)(H,25,31)(H,21,22,29). The molecule has 2 aliphatic rings. The van der Waals surface area contributed by atoms with Gasteiger partial charge in [-0.3, -0.25) is 19.3 Å². The Bertz CT molecular complexity index is 1270. The van der Waals surface area contributed by atoms with Crippen LogP contribution < -0.4 is 16.2 Å². The van der Waals surface area contributed by atoms with E-state index in [1.807, 2.05) is 0 Å². The minimum absolute atomic E-state index is 0.310. The van der Waals surface area contributed by atoms with E-state index in [0.717, 1.165) is 17.7 Å². The summed E-state index contributed by atoms with van der Waals surface area (Å²) < 4.78 is 1.45. The maximum absolute atomic E-state index is 12.8. The largest absolute Gasteiger partial charge is 0.325 e. The molecule has 11 nitrogen and oxygen atoms in total. The van der Waals surface area contributed by atoms with Gasteiger partial charge >= 0.3 is 6.03 Å². The minimum Gasteiger partial charge on any atom is -0.323 e. The molecule has 3 heterocycles. The lowest BCUT2D eigenvalue weighted by Crippen LogP contribution is -2.44. The predicted octanol–water partition coefficient (Wildman–Crippen LogP) is 0.912. The summed E-state index contributed by atoms with van der Waals surface area (Å²) >= 11 is 0. The number of carbonyl (C=O) groups excluding carboxylic acids is 3. The molecular weight excluding hydrogens is 402 g/mol. The van der Waals surface area contributed by atoms with Crippen molar-refractivity contribution in [3.63, 3.8) is 0 Å². The normalized spacial score (nSPS) is 17.5. The number of aromatic amines is 1. The van der Waals surface area contributed by atoms with Gasteiger partial charge in [0.05, 0.1) is 23.9 Å². The molecule has 1 aromatic carbocycles. The van der Waals surface area contributed by atoms with E-state index in [4.69, 9.17) is 0 Å². The number of nitrogens with zero attached hydrogens (tertiary/aromatic N) is 4. The number of hydrogen-bond donors (Lipinski definition) is 3. The number of anilines is 1. The lowest BCUT2D eigenvalue weighted by Gasteiger charge is -2.20. The van der Waals surface area contributed by atoms with Crippen molar-refractivity contribution in [1.82, 2.24) is 30.0 Å². The van der Waals surface area contributed by atoms with Gasteiger partial charge in [0.1, 0.15) is 17.5 Å². The van der Waals surface area contributed by atoms with Crippen LogP contribution in [-0.2, 0) is 9.59 Å². The van der Waals surface area contributed by atoms with Gasteiger partial charge in [-0.25, -0.2) is 14.5 Å². The highest BCUT2D eigenvalue weighted by molar-refractivity contribution is 6.10. The topological polar surface area (TPSA) is 142 Å². The van der Waals surface area contributed by atoms with Crippen LogP contribution in [0, 0.1) is 0 Å². The number of nitrogens with one attached hydrogen (secondary N) is 3. The molecule has 2 aromatic heterocycles. The van der Waals surface area contributed by atoms with Crippen molar-refractivity contribution in [3.05, 3.63) is 47.1 Å². The molecule has 31 heavy (non-hydrogen) atoms. The molecular formula is C20H19N7O4. The van der Waals surface area contributed by atoms with Gasteiger partial charge in [0.2, 0.25) is 5.91 Å². The lowest BCUT2D eigenvalue weighted by atomic mass is 9.98. The van der Waals surface area contributed by atoms with Gasteiger partial charge < -0.3 is 15.6 Å². The molecule has 3 aromatic rings. The molecule has 0 atom stereocenters. The average Bonchev–Trinajstić information content (AvgIpc) is 3.45. The smallest absolute Gasteiger partial charge is 0.323 e. The van der Waals surface area contributed by atoms with Crippen molar-refractivity contribution in [2.75, 3.05) is 11.9 Å². The number of amides is 4. The maximum atomic E-state index is 12.8. The minimum atomic E-state index is -0.859. The van der Waals surface area contributed by atoms with Gasteiger partial charge in [-0.2, -0.15) is 5.10 Å². The molecule has 5 rings (SSSR count). The number of carbonyl (C=O) groups is 3. The Kier molecular flexibility index (Phi) is 4.31. The Labute approximate surface area is 175 Å². The summed E-state index contributed by atoms with van der Waals surface area (Å²) in [5, 5.41) is 10.0. The zero-order valence-electron chi connectivity index (χ0n) is 16.4. The predicted molar refractivity (Wildman–Crippen MR) is 110 cm³/mol. The van der Waals surface area contributed by atoms with Crippen molar-refractivity contribution in [3.8, 4) is 5.69 Å². The zero-order chi connectivity index (χ0) is 21.6. The van der Waals surface area contributed by atoms with Gasteiger partial charge in [-0.15, -0.1) is 0 Å². The van der Waals surface area contributed by atoms with Crippen molar-refractivity contribution < 1.29 is 14.4 Å². The number of fused-ring (bicyclic) bond motifs is 1. The molecule has 0 bridgehead atoms. The number of imide groups is 1. The Morgan fingerprint density at radius 1 is 1.16 bits per heavy atom. The fourth-order valence-electron chi connectivity index (χ4n) is 4.27. The molecule has 1 aliphatic heterocycles. The van der Waals surface area contributed by atoms with Crippen LogP contribution in [0.4, 0.5) is 10.5 Å². The fraction of sp³-hybridized carbons (Fsp3) is 0.300. The number of aromatic nitrogens is 4. The van der Waals surface area contributed by atoms with Gasteiger partial charge in [0.25, 0.3) is 11.5 Å². The van der Waals surface area contributed by atoms with Crippen molar-refractivity contribution in [2.45, 2.75) is 31.2 Å². The van der Waals surface area contributed by atoms with E-state index in [9.17, 15) is 19.2 Å². The molecule has 1 aliphatic carbocycles. The first-order valence-corrected chi connectivity index (χ1v) is 9.93. The molecule has 2 fully saturated rings. The number of H-pyrrole nitrogens is 1. The second kappa shape index (κ2) is 7.04. The lowest BCUT2D eigenvalue weighted by molar-refractivity contribution is -0.133. The third-order valence-corrected chi connectivity index (χ3v) is 5.78.